The predicted molar refractivity (Wildman–Crippen MR) is 41.1 cm³/mol. The summed E-state index contributed by atoms with van der Waals surface area (Å²) in [5.41, 5.74) is 4.95. The summed E-state index contributed by atoms with van der Waals surface area (Å²) in [5, 5.41) is 8.00. The zero-order chi connectivity index (χ0) is 8.20. The second-order valence-corrected chi connectivity index (χ2v) is 4.25. The van der Waals surface area contributed by atoms with Gasteiger partial charge >= 0.3 is 0 Å². The van der Waals surface area contributed by atoms with Gasteiger partial charge in [-0.05, 0) is 0 Å². The van der Waals surface area contributed by atoms with Gasteiger partial charge < -0.3 is 5.73 Å². The third-order valence-corrected chi connectivity index (χ3v) is 2.29. The van der Waals surface area contributed by atoms with Gasteiger partial charge in [-0.1, -0.05) is 12.2 Å². The van der Waals surface area contributed by atoms with Crippen LogP contribution < -0.4 is 5.73 Å². The Labute approximate surface area is 64.6 Å². The fraction of sp³-hybridized carbons (Fsp3) is 0.500. The van der Waals surface area contributed by atoms with E-state index in [2.05, 4.69) is 12.2 Å². The number of hydrogen-bond acceptors (Lipinski definition) is 4. The third-order valence-electron chi connectivity index (χ3n) is 0.647. The molecule has 56 valence electrons. The number of nitrogens with zero attached hydrogens (tertiary/aromatic N) is 1. The summed E-state index contributed by atoms with van der Waals surface area (Å²) < 4.78 is 21.3. The second-order valence-electron chi connectivity index (χ2n) is 1.66. The van der Waals surface area contributed by atoms with E-state index in [4.69, 9.17) is 11.0 Å². The van der Waals surface area contributed by atoms with Crippen LogP contribution in [-0.2, 0) is 9.84 Å². The maximum Gasteiger partial charge on any atom is 0.170 e. The van der Waals surface area contributed by atoms with E-state index in [9.17, 15) is 8.42 Å². The summed E-state index contributed by atoms with van der Waals surface area (Å²) in [5.74, 6) is -0.903. The second kappa shape index (κ2) is 3.49. The first-order valence-electron chi connectivity index (χ1n) is 2.33. The molecular weight excluding hydrogens is 172 g/mol. The number of nitrogens with two attached hydrogens (primary N) is 1. The van der Waals surface area contributed by atoms with Crippen LogP contribution in [0.15, 0.2) is 0 Å². The van der Waals surface area contributed by atoms with Crippen molar-refractivity contribution >= 4 is 27.0 Å². The van der Waals surface area contributed by atoms with Crippen molar-refractivity contribution in [2.75, 3.05) is 11.5 Å². The Kier molecular flexibility index (Phi) is 3.25. The van der Waals surface area contributed by atoms with E-state index in [0.717, 1.165) is 0 Å². The Morgan fingerprint density at radius 1 is 1.70 bits per heavy atom. The largest absolute Gasteiger partial charge is 0.392 e. The molecule has 0 radical (unpaired) electrons. The Morgan fingerprint density at radius 2 is 2.20 bits per heavy atom. The average Bonchev–Trinajstić information content (AvgIpc) is 1.59. The van der Waals surface area contributed by atoms with Crippen molar-refractivity contribution in [3.05, 3.63) is 0 Å². The van der Waals surface area contributed by atoms with Gasteiger partial charge in [0.2, 0.25) is 0 Å². The fourth-order valence-corrected chi connectivity index (χ4v) is 1.64. The van der Waals surface area contributed by atoms with Gasteiger partial charge in [-0.25, -0.2) is 8.42 Å². The van der Waals surface area contributed by atoms with Crippen molar-refractivity contribution in [2.24, 2.45) is 5.73 Å². The highest BCUT2D eigenvalue weighted by atomic mass is 32.2. The molecule has 0 amide bonds. The van der Waals surface area contributed by atoms with Crippen molar-refractivity contribution in [2.45, 2.75) is 0 Å². The molecule has 0 fully saturated rings. The van der Waals surface area contributed by atoms with Crippen LogP contribution >= 0.6 is 12.2 Å². The normalized spacial score (nSPS) is 10.3. The standard InChI is InChI=1S/C4H6N2O2S2/c5-1-2-10(7,8)3-4(6)9/h2-3H2,(H2,6,9). The van der Waals surface area contributed by atoms with Crippen LogP contribution in [0, 0.1) is 11.3 Å². The Bertz CT molecular complexity index is 261. The average molecular weight is 178 g/mol. The number of nitriles is 1. The minimum atomic E-state index is -3.36. The van der Waals surface area contributed by atoms with Gasteiger partial charge in [0.1, 0.15) is 11.5 Å². The van der Waals surface area contributed by atoms with Crippen LogP contribution in [0.1, 0.15) is 0 Å². The topological polar surface area (TPSA) is 84.0 Å². The molecule has 0 aromatic rings. The SMILES string of the molecule is N#CCS(=O)(=O)CC(N)=S. The van der Waals surface area contributed by atoms with Crippen LogP contribution in [0.4, 0.5) is 0 Å². The van der Waals surface area contributed by atoms with E-state index < -0.39 is 15.6 Å². The molecule has 6 heteroatoms. The molecule has 0 rings (SSSR count). The quantitative estimate of drug-likeness (QED) is 0.572. The molecule has 0 aliphatic heterocycles. The summed E-state index contributed by atoms with van der Waals surface area (Å²) >= 11 is 4.35. The van der Waals surface area contributed by atoms with Crippen molar-refractivity contribution in [1.29, 1.82) is 5.26 Å². The Balaban J connectivity index is 4.19. The van der Waals surface area contributed by atoms with Crippen molar-refractivity contribution in [3.63, 3.8) is 0 Å². The smallest absolute Gasteiger partial charge is 0.170 e. The monoisotopic (exact) mass is 178 g/mol. The summed E-state index contributed by atoms with van der Waals surface area (Å²) in [6, 6.07) is 1.51. The zero-order valence-corrected chi connectivity index (χ0v) is 6.70. The molecule has 0 aromatic carbocycles. The molecular formula is C4H6N2O2S2. The first kappa shape index (κ1) is 9.33. The predicted octanol–water partition coefficient (Wildman–Crippen LogP) is -0.789. The molecule has 10 heavy (non-hydrogen) atoms. The van der Waals surface area contributed by atoms with Crippen molar-refractivity contribution in [3.8, 4) is 6.07 Å². The van der Waals surface area contributed by atoms with Gasteiger partial charge in [-0.2, -0.15) is 5.26 Å². The highest BCUT2D eigenvalue weighted by Gasteiger charge is 2.10. The van der Waals surface area contributed by atoms with E-state index in [0.29, 0.717) is 0 Å². The molecule has 0 saturated heterocycles. The van der Waals surface area contributed by atoms with Gasteiger partial charge in [0.25, 0.3) is 0 Å². The van der Waals surface area contributed by atoms with E-state index in [1.54, 1.807) is 0 Å². The number of rotatable bonds is 3. The van der Waals surface area contributed by atoms with Crippen LogP contribution in [-0.4, -0.2) is 24.9 Å². The highest BCUT2D eigenvalue weighted by Crippen LogP contribution is 1.87. The molecule has 0 heterocycles. The maximum atomic E-state index is 10.7. The molecule has 2 N–H and O–H groups in total. The third kappa shape index (κ3) is 4.23. The van der Waals surface area contributed by atoms with Gasteiger partial charge in [-0.3, -0.25) is 0 Å². The Hall–Kier alpha value is -0.670. The molecule has 0 aliphatic carbocycles. The van der Waals surface area contributed by atoms with Crippen molar-refractivity contribution in [1.82, 2.24) is 0 Å². The molecule has 0 aliphatic rings. The number of thiocarbonyl (C=S) groups is 1. The van der Waals surface area contributed by atoms with Gasteiger partial charge in [0, 0.05) is 0 Å². The molecule has 0 saturated carbocycles. The first-order valence-corrected chi connectivity index (χ1v) is 4.56. The molecule has 0 aromatic heterocycles. The lowest BCUT2D eigenvalue weighted by Crippen LogP contribution is -2.22. The lowest BCUT2D eigenvalue weighted by atomic mass is 10.8. The fourth-order valence-electron chi connectivity index (χ4n) is 0.366. The van der Waals surface area contributed by atoms with Crippen LogP contribution in [0.2, 0.25) is 0 Å². The summed E-state index contributed by atoms with van der Waals surface area (Å²) in [4.78, 5) is -0.102. The van der Waals surface area contributed by atoms with Crippen LogP contribution in [0.5, 0.6) is 0 Å². The van der Waals surface area contributed by atoms with E-state index in [1.165, 1.54) is 6.07 Å². The summed E-state index contributed by atoms with van der Waals surface area (Å²) in [7, 11) is -3.36. The minimum Gasteiger partial charge on any atom is -0.392 e. The van der Waals surface area contributed by atoms with E-state index in [-0.39, 0.29) is 10.7 Å². The van der Waals surface area contributed by atoms with Crippen LogP contribution in [0.3, 0.4) is 0 Å². The molecule has 0 bridgehead atoms. The lowest BCUT2D eigenvalue weighted by Gasteiger charge is -1.94. The van der Waals surface area contributed by atoms with Crippen molar-refractivity contribution < 1.29 is 8.42 Å². The van der Waals surface area contributed by atoms with Gasteiger partial charge in [0.05, 0.1) is 11.1 Å². The van der Waals surface area contributed by atoms with Gasteiger partial charge in [-0.15, -0.1) is 0 Å². The van der Waals surface area contributed by atoms with E-state index >= 15 is 0 Å². The minimum absolute atomic E-state index is 0.102. The maximum absolute atomic E-state index is 10.7. The molecule has 0 spiro atoms. The molecule has 0 atom stereocenters. The summed E-state index contributed by atoms with van der Waals surface area (Å²) in [6.45, 7) is 0. The Morgan fingerprint density at radius 3 is 2.50 bits per heavy atom. The highest BCUT2D eigenvalue weighted by molar-refractivity contribution is 7.94. The van der Waals surface area contributed by atoms with Crippen LogP contribution in [0.25, 0.3) is 0 Å². The molecule has 0 unspecified atom stereocenters. The zero-order valence-electron chi connectivity index (χ0n) is 5.07. The summed E-state index contributed by atoms with van der Waals surface area (Å²) in [6.07, 6.45) is 0. The van der Waals surface area contributed by atoms with E-state index in [1.807, 2.05) is 0 Å². The number of hydrogen-bond donors (Lipinski definition) is 1. The molecule has 4 nitrogen and oxygen atoms in total. The lowest BCUT2D eigenvalue weighted by molar-refractivity contribution is 0.603. The first-order chi connectivity index (χ1) is 4.48. The number of sulfone groups is 1. The van der Waals surface area contributed by atoms with Gasteiger partial charge in [0.15, 0.2) is 9.84 Å².